The first-order chi connectivity index (χ1) is 16.1. The lowest BCUT2D eigenvalue weighted by Crippen LogP contribution is -2.43. The fourth-order valence-electron chi connectivity index (χ4n) is 4.86. The predicted molar refractivity (Wildman–Crippen MR) is 130 cm³/mol. The Labute approximate surface area is 199 Å². The number of nitrogens with zero attached hydrogens (tertiary/aromatic N) is 4. The van der Waals surface area contributed by atoms with E-state index >= 15 is 0 Å². The highest BCUT2D eigenvalue weighted by Crippen LogP contribution is 2.44. The molecule has 0 unspecified atom stereocenters. The second-order valence-corrected chi connectivity index (χ2v) is 10.6. The van der Waals surface area contributed by atoms with Crippen LogP contribution in [0.2, 0.25) is 0 Å². The maximum Gasteiger partial charge on any atom is 0.332 e. The lowest BCUT2D eigenvalue weighted by Gasteiger charge is -2.27. The molecule has 2 fully saturated rings. The molecular formula is C26H31N5O3. The summed E-state index contributed by atoms with van der Waals surface area (Å²) in [6.45, 7) is 8.93. The lowest BCUT2D eigenvalue weighted by atomic mass is 9.87. The molecule has 2 aliphatic heterocycles. The summed E-state index contributed by atoms with van der Waals surface area (Å²) >= 11 is 0. The SMILES string of the molecule is CC1(C)CN(C(=O)CNC2CC2)c2cc(N3C(=O)N(Cc4ccncc4)C(C)(C)C3=O)ccc21. The molecule has 178 valence electrons. The van der Waals surface area contributed by atoms with Gasteiger partial charge in [0.25, 0.3) is 5.91 Å². The van der Waals surface area contributed by atoms with E-state index in [0.29, 0.717) is 31.4 Å². The van der Waals surface area contributed by atoms with Crippen LogP contribution in [0.1, 0.15) is 51.7 Å². The highest BCUT2D eigenvalue weighted by atomic mass is 16.2. The largest absolute Gasteiger partial charge is 0.332 e. The van der Waals surface area contributed by atoms with Crippen LogP contribution in [0.3, 0.4) is 0 Å². The highest BCUT2D eigenvalue weighted by Gasteiger charge is 2.52. The molecule has 0 bridgehead atoms. The van der Waals surface area contributed by atoms with Gasteiger partial charge in [-0.2, -0.15) is 0 Å². The molecule has 1 N–H and O–H groups in total. The van der Waals surface area contributed by atoms with Crippen molar-refractivity contribution in [3.63, 3.8) is 0 Å². The van der Waals surface area contributed by atoms with Crippen molar-refractivity contribution in [2.45, 2.75) is 64.1 Å². The van der Waals surface area contributed by atoms with Crippen molar-refractivity contribution in [3.05, 3.63) is 53.9 Å². The molecule has 0 spiro atoms. The first-order valence-electron chi connectivity index (χ1n) is 11.8. The number of pyridine rings is 1. The summed E-state index contributed by atoms with van der Waals surface area (Å²) < 4.78 is 0. The van der Waals surface area contributed by atoms with Gasteiger partial charge in [-0.3, -0.25) is 14.6 Å². The average molecular weight is 462 g/mol. The Bertz CT molecular complexity index is 1160. The Balaban J connectivity index is 1.46. The van der Waals surface area contributed by atoms with Gasteiger partial charge in [-0.1, -0.05) is 19.9 Å². The number of carbonyl (C=O) groups excluding carboxylic acids is 3. The van der Waals surface area contributed by atoms with E-state index in [0.717, 1.165) is 29.7 Å². The van der Waals surface area contributed by atoms with E-state index in [1.54, 1.807) is 36.0 Å². The molecule has 4 amide bonds. The van der Waals surface area contributed by atoms with Gasteiger partial charge in [-0.15, -0.1) is 0 Å². The smallest absolute Gasteiger partial charge is 0.310 e. The van der Waals surface area contributed by atoms with E-state index in [1.807, 2.05) is 30.3 Å². The molecule has 0 atom stereocenters. The number of fused-ring (bicyclic) bond motifs is 1. The van der Waals surface area contributed by atoms with E-state index in [4.69, 9.17) is 0 Å². The maximum absolute atomic E-state index is 13.5. The number of aromatic nitrogens is 1. The molecule has 1 saturated carbocycles. The third-order valence-corrected chi connectivity index (χ3v) is 7.15. The van der Waals surface area contributed by atoms with Crippen LogP contribution in [0, 0.1) is 0 Å². The van der Waals surface area contributed by atoms with Gasteiger partial charge in [0, 0.05) is 42.6 Å². The van der Waals surface area contributed by atoms with Gasteiger partial charge < -0.3 is 15.1 Å². The number of rotatable bonds is 6. The third-order valence-electron chi connectivity index (χ3n) is 7.15. The summed E-state index contributed by atoms with van der Waals surface area (Å²) in [4.78, 5) is 48.6. The van der Waals surface area contributed by atoms with Crippen LogP contribution in [0.25, 0.3) is 0 Å². The van der Waals surface area contributed by atoms with Gasteiger partial charge in [0.1, 0.15) is 5.54 Å². The van der Waals surface area contributed by atoms with Crippen LogP contribution in [-0.2, 0) is 21.5 Å². The second kappa shape index (κ2) is 7.91. The van der Waals surface area contributed by atoms with Crippen LogP contribution >= 0.6 is 0 Å². The third kappa shape index (κ3) is 3.76. The average Bonchev–Trinajstić information content (AvgIpc) is 3.57. The molecule has 5 rings (SSSR count). The minimum atomic E-state index is -0.998. The van der Waals surface area contributed by atoms with Gasteiger partial charge in [-0.25, -0.2) is 9.69 Å². The monoisotopic (exact) mass is 461 g/mol. The minimum absolute atomic E-state index is 0.00888. The number of nitrogens with one attached hydrogen (secondary N) is 1. The number of imide groups is 1. The maximum atomic E-state index is 13.5. The van der Waals surface area contributed by atoms with Crippen molar-refractivity contribution in [2.75, 3.05) is 22.9 Å². The molecule has 3 aliphatic rings. The zero-order valence-corrected chi connectivity index (χ0v) is 20.2. The Morgan fingerprint density at radius 1 is 1.09 bits per heavy atom. The number of anilines is 2. The summed E-state index contributed by atoms with van der Waals surface area (Å²) in [6, 6.07) is 9.35. The highest BCUT2D eigenvalue weighted by molar-refractivity contribution is 6.23. The van der Waals surface area contributed by atoms with Gasteiger partial charge in [0.15, 0.2) is 0 Å². The van der Waals surface area contributed by atoms with Crippen molar-refractivity contribution in [3.8, 4) is 0 Å². The van der Waals surface area contributed by atoms with E-state index in [1.165, 1.54) is 4.90 Å². The fraction of sp³-hybridized carbons (Fsp3) is 0.462. The van der Waals surface area contributed by atoms with Gasteiger partial charge >= 0.3 is 6.03 Å². The van der Waals surface area contributed by atoms with E-state index < -0.39 is 5.54 Å². The number of hydrogen-bond donors (Lipinski definition) is 1. The molecule has 8 heteroatoms. The molecule has 1 aliphatic carbocycles. The predicted octanol–water partition coefficient (Wildman–Crippen LogP) is 3.21. The van der Waals surface area contributed by atoms with Crippen LogP contribution in [0.15, 0.2) is 42.7 Å². The number of carbonyl (C=O) groups is 3. The molecule has 2 aromatic rings. The summed E-state index contributed by atoms with van der Waals surface area (Å²) in [7, 11) is 0. The molecule has 34 heavy (non-hydrogen) atoms. The zero-order chi connectivity index (χ0) is 24.3. The standard InChI is InChI=1S/C26H31N5O3/c1-25(2)16-29(22(32)14-28-18-5-6-18)21-13-19(7-8-20(21)25)31-23(33)26(3,4)30(24(31)34)15-17-9-11-27-12-10-17/h7-13,18,28H,5-6,14-16H2,1-4H3. The molecule has 1 aromatic carbocycles. The second-order valence-electron chi connectivity index (χ2n) is 10.6. The van der Waals surface area contributed by atoms with Crippen LogP contribution in [0.5, 0.6) is 0 Å². The first kappa shape index (κ1) is 22.5. The Hall–Kier alpha value is -3.26. The number of hydrogen-bond acceptors (Lipinski definition) is 5. The first-order valence-corrected chi connectivity index (χ1v) is 11.8. The number of amides is 4. The number of benzene rings is 1. The van der Waals surface area contributed by atoms with E-state index in [-0.39, 0.29) is 23.3 Å². The normalized spacial score (nSPS) is 20.8. The Morgan fingerprint density at radius 2 is 1.79 bits per heavy atom. The molecule has 0 radical (unpaired) electrons. The summed E-state index contributed by atoms with van der Waals surface area (Å²) in [5.41, 5.74) is 2.00. The quantitative estimate of drug-likeness (QED) is 0.668. The van der Waals surface area contributed by atoms with Crippen molar-refractivity contribution >= 4 is 29.2 Å². The van der Waals surface area contributed by atoms with Gasteiger partial charge in [0.05, 0.1) is 12.2 Å². The lowest BCUT2D eigenvalue weighted by molar-refractivity contribution is -0.123. The molecule has 1 saturated heterocycles. The van der Waals surface area contributed by atoms with Crippen LogP contribution in [0.4, 0.5) is 16.2 Å². The summed E-state index contributed by atoms with van der Waals surface area (Å²) in [5, 5.41) is 3.29. The molecule has 8 nitrogen and oxygen atoms in total. The van der Waals surface area contributed by atoms with Crippen molar-refractivity contribution < 1.29 is 14.4 Å². The van der Waals surface area contributed by atoms with Gasteiger partial charge in [-0.05, 0) is 62.1 Å². The Kier molecular flexibility index (Phi) is 5.24. The molecule has 1 aromatic heterocycles. The number of urea groups is 1. The van der Waals surface area contributed by atoms with Crippen molar-refractivity contribution in [1.82, 2.24) is 15.2 Å². The van der Waals surface area contributed by atoms with Gasteiger partial charge in [0.2, 0.25) is 5.91 Å². The summed E-state index contributed by atoms with van der Waals surface area (Å²) in [5.74, 6) is -0.272. The minimum Gasteiger partial charge on any atom is -0.310 e. The zero-order valence-electron chi connectivity index (χ0n) is 20.2. The van der Waals surface area contributed by atoms with E-state index in [2.05, 4.69) is 24.1 Å². The van der Waals surface area contributed by atoms with Crippen LogP contribution < -0.4 is 15.1 Å². The molecular weight excluding hydrogens is 430 g/mol. The fourth-order valence-corrected chi connectivity index (χ4v) is 4.86. The topological polar surface area (TPSA) is 85.8 Å². The van der Waals surface area contributed by atoms with Crippen molar-refractivity contribution in [1.29, 1.82) is 0 Å². The Morgan fingerprint density at radius 3 is 2.47 bits per heavy atom. The van der Waals surface area contributed by atoms with Crippen LogP contribution in [-0.4, -0.2) is 52.4 Å². The summed E-state index contributed by atoms with van der Waals surface area (Å²) in [6.07, 6.45) is 5.58. The molecule has 3 heterocycles. The van der Waals surface area contributed by atoms with E-state index in [9.17, 15) is 14.4 Å². The van der Waals surface area contributed by atoms with Crippen molar-refractivity contribution in [2.24, 2.45) is 0 Å².